The van der Waals surface area contributed by atoms with Crippen LogP contribution in [0.25, 0.3) is 0 Å². The van der Waals surface area contributed by atoms with Crippen molar-refractivity contribution in [2.75, 3.05) is 19.7 Å². The minimum Gasteiger partial charge on any atom is -0.392 e. The number of aliphatic hydroxyl groups excluding tert-OH is 2. The van der Waals surface area contributed by atoms with Gasteiger partial charge < -0.3 is 20.3 Å². The summed E-state index contributed by atoms with van der Waals surface area (Å²) in [4.78, 5) is 0. The van der Waals surface area contributed by atoms with Gasteiger partial charge in [0.05, 0.1) is 24.9 Å². The minimum absolute atomic E-state index is 0.314. The number of ether oxygens (including phenoxy) is 1. The van der Waals surface area contributed by atoms with Crippen molar-refractivity contribution in [3.8, 4) is 0 Å². The van der Waals surface area contributed by atoms with Crippen LogP contribution in [0.2, 0.25) is 0 Å². The van der Waals surface area contributed by atoms with E-state index in [0.717, 1.165) is 12.8 Å². The van der Waals surface area contributed by atoms with Crippen LogP contribution in [0, 0.1) is 5.92 Å². The molecule has 108 valence electrons. The summed E-state index contributed by atoms with van der Waals surface area (Å²) in [5.74, 6) is 0.612. The zero-order chi connectivity index (χ0) is 13.4. The third kappa shape index (κ3) is 6.14. The summed E-state index contributed by atoms with van der Waals surface area (Å²) in [6.07, 6.45) is 5.15. The summed E-state index contributed by atoms with van der Waals surface area (Å²) in [7, 11) is 0. The molecule has 4 atom stereocenters. The van der Waals surface area contributed by atoms with Crippen molar-refractivity contribution >= 4 is 0 Å². The number of aliphatic hydroxyl groups is 2. The maximum Gasteiger partial charge on any atom is 0.0897 e. The Kier molecular flexibility index (Phi) is 7.82. The molecule has 1 aliphatic rings. The van der Waals surface area contributed by atoms with E-state index in [1.54, 1.807) is 0 Å². The molecule has 1 saturated carbocycles. The molecular formula is C14H29NO3. The molecule has 0 spiro atoms. The molecule has 4 nitrogen and oxygen atoms in total. The van der Waals surface area contributed by atoms with E-state index in [-0.39, 0.29) is 6.10 Å². The monoisotopic (exact) mass is 259 g/mol. The molecule has 0 saturated heterocycles. The molecule has 4 heteroatoms. The highest BCUT2D eigenvalue weighted by Gasteiger charge is 2.22. The first-order chi connectivity index (χ1) is 8.63. The molecule has 0 radical (unpaired) electrons. The smallest absolute Gasteiger partial charge is 0.0897 e. The second-order valence-corrected chi connectivity index (χ2v) is 5.51. The molecule has 4 unspecified atom stereocenters. The molecule has 0 amide bonds. The summed E-state index contributed by atoms with van der Waals surface area (Å²) in [5, 5.41) is 22.2. The van der Waals surface area contributed by atoms with E-state index in [1.165, 1.54) is 19.3 Å². The minimum atomic E-state index is -0.483. The fourth-order valence-electron chi connectivity index (χ4n) is 2.38. The van der Waals surface area contributed by atoms with E-state index in [2.05, 4.69) is 12.2 Å². The highest BCUT2D eigenvalue weighted by Crippen LogP contribution is 2.26. The molecule has 0 heterocycles. The zero-order valence-corrected chi connectivity index (χ0v) is 11.8. The Morgan fingerprint density at radius 1 is 1.17 bits per heavy atom. The first-order valence-electron chi connectivity index (χ1n) is 7.32. The van der Waals surface area contributed by atoms with Crippen molar-refractivity contribution in [3.63, 3.8) is 0 Å². The Morgan fingerprint density at radius 2 is 1.83 bits per heavy atom. The third-order valence-corrected chi connectivity index (χ3v) is 3.77. The topological polar surface area (TPSA) is 61.7 Å². The Hall–Kier alpha value is -0.160. The second-order valence-electron chi connectivity index (χ2n) is 5.51. The van der Waals surface area contributed by atoms with Gasteiger partial charge in [0.15, 0.2) is 0 Å². The first kappa shape index (κ1) is 15.9. The summed E-state index contributed by atoms with van der Waals surface area (Å²) >= 11 is 0. The molecule has 0 bridgehead atoms. The van der Waals surface area contributed by atoms with Crippen molar-refractivity contribution in [2.45, 2.75) is 64.3 Å². The van der Waals surface area contributed by atoms with Crippen molar-refractivity contribution in [2.24, 2.45) is 5.92 Å². The van der Waals surface area contributed by atoms with E-state index in [0.29, 0.717) is 31.7 Å². The van der Waals surface area contributed by atoms with E-state index in [1.807, 2.05) is 6.92 Å². The first-order valence-corrected chi connectivity index (χ1v) is 7.32. The molecule has 0 aliphatic heterocycles. The van der Waals surface area contributed by atoms with Crippen LogP contribution in [0.15, 0.2) is 0 Å². The van der Waals surface area contributed by atoms with Gasteiger partial charge in [0.1, 0.15) is 0 Å². The van der Waals surface area contributed by atoms with Crippen LogP contribution in [-0.2, 0) is 4.74 Å². The van der Waals surface area contributed by atoms with Gasteiger partial charge in [-0.15, -0.1) is 0 Å². The fourth-order valence-corrected chi connectivity index (χ4v) is 2.38. The predicted molar refractivity (Wildman–Crippen MR) is 72.5 cm³/mol. The lowest BCUT2D eigenvalue weighted by Gasteiger charge is -2.29. The van der Waals surface area contributed by atoms with Crippen molar-refractivity contribution < 1.29 is 14.9 Å². The standard InChI is InChI=1S/C14H29NO3/c1-3-12(16)8-15-9-13(17)10-18-14-7-5-4-6-11(14)2/h11-17H,3-10H2,1-2H3. The molecule has 0 aromatic carbocycles. The summed E-state index contributed by atoms with van der Waals surface area (Å²) < 4.78 is 5.79. The van der Waals surface area contributed by atoms with Crippen molar-refractivity contribution in [1.29, 1.82) is 0 Å². The van der Waals surface area contributed by atoms with Gasteiger partial charge in [-0.25, -0.2) is 0 Å². The molecule has 1 aliphatic carbocycles. The largest absolute Gasteiger partial charge is 0.392 e. The van der Waals surface area contributed by atoms with Crippen LogP contribution in [-0.4, -0.2) is 48.2 Å². The predicted octanol–water partition coefficient (Wildman–Crippen LogP) is 1.30. The van der Waals surface area contributed by atoms with Crippen LogP contribution >= 0.6 is 0 Å². The van der Waals surface area contributed by atoms with Crippen LogP contribution in [0.1, 0.15) is 46.0 Å². The van der Waals surface area contributed by atoms with Gasteiger partial charge in [-0.3, -0.25) is 0 Å². The van der Waals surface area contributed by atoms with Crippen molar-refractivity contribution in [3.05, 3.63) is 0 Å². The lowest BCUT2D eigenvalue weighted by molar-refractivity contribution is -0.0455. The van der Waals surface area contributed by atoms with Gasteiger partial charge in [0, 0.05) is 13.1 Å². The zero-order valence-electron chi connectivity index (χ0n) is 11.8. The SMILES string of the molecule is CCC(O)CNCC(O)COC1CCCCC1C. The summed E-state index contributed by atoms with van der Waals surface area (Å²) in [6, 6.07) is 0. The van der Waals surface area contributed by atoms with Crippen LogP contribution in [0.4, 0.5) is 0 Å². The average molecular weight is 259 g/mol. The average Bonchev–Trinajstić information content (AvgIpc) is 2.37. The highest BCUT2D eigenvalue weighted by atomic mass is 16.5. The van der Waals surface area contributed by atoms with E-state index >= 15 is 0 Å². The van der Waals surface area contributed by atoms with E-state index in [4.69, 9.17) is 4.74 Å². The number of hydrogen-bond donors (Lipinski definition) is 3. The number of hydrogen-bond acceptors (Lipinski definition) is 4. The number of rotatable bonds is 8. The van der Waals surface area contributed by atoms with Gasteiger partial charge in [-0.1, -0.05) is 26.7 Å². The summed E-state index contributed by atoms with van der Waals surface area (Å²) in [5.41, 5.74) is 0. The molecule has 1 fully saturated rings. The molecule has 1 rings (SSSR count). The lowest BCUT2D eigenvalue weighted by Crippen LogP contribution is -2.37. The Balaban J connectivity index is 2.07. The molecular weight excluding hydrogens is 230 g/mol. The Morgan fingerprint density at radius 3 is 2.50 bits per heavy atom. The van der Waals surface area contributed by atoms with Gasteiger partial charge in [-0.2, -0.15) is 0 Å². The van der Waals surface area contributed by atoms with Gasteiger partial charge in [0.25, 0.3) is 0 Å². The van der Waals surface area contributed by atoms with Gasteiger partial charge >= 0.3 is 0 Å². The third-order valence-electron chi connectivity index (χ3n) is 3.77. The van der Waals surface area contributed by atoms with Crippen LogP contribution < -0.4 is 5.32 Å². The molecule has 0 aromatic heterocycles. The lowest BCUT2D eigenvalue weighted by atomic mass is 9.88. The normalized spacial score (nSPS) is 28.0. The van der Waals surface area contributed by atoms with E-state index in [9.17, 15) is 10.2 Å². The van der Waals surface area contributed by atoms with Gasteiger partial charge in [0.2, 0.25) is 0 Å². The van der Waals surface area contributed by atoms with Crippen LogP contribution in [0.5, 0.6) is 0 Å². The summed E-state index contributed by atoms with van der Waals surface area (Å²) in [6.45, 7) is 5.58. The highest BCUT2D eigenvalue weighted by molar-refractivity contribution is 4.73. The number of nitrogens with one attached hydrogen (secondary N) is 1. The van der Waals surface area contributed by atoms with Crippen LogP contribution in [0.3, 0.4) is 0 Å². The maximum absolute atomic E-state index is 9.78. The fraction of sp³-hybridized carbons (Fsp3) is 1.00. The molecule has 18 heavy (non-hydrogen) atoms. The molecule has 0 aromatic rings. The second kappa shape index (κ2) is 8.86. The molecule has 3 N–H and O–H groups in total. The Bertz CT molecular complexity index is 213. The van der Waals surface area contributed by atoms with E-state index < -0.39 is 6.10 Å². The Labute approximate surface area is 111 Å². The van der Waals surface area contributed by atoms with Crippen molar-refractivity contribution in [1.82, 2.24) is 5.32 Å². The maximum atomic E-state index is 9.78. The quantitative estimate of drug-likeness (QED) is 0.615. The van der Waals surface area contributed by atoms with Gasteiger partial charge in [-0.05, 0) is 25.2 Å².